The van der Waals surface area contributed by atoms with E-state index < -0.39 is 13.0 Å². The number of hydrogen-bond donors (Lipinski definition) is 0. The lowest BCUT2D eigenvalue weighted by Gasteiger charge is -2.26. The molecule has 11 nitrogen and oxygen atoms in total. The van der Waals surface area contributed by atoms with Crippen LogP contribution in [0.3, 0.4) is 0 Å². The molecular formula is C24H21F2N7O4. The largest absolute Gasteiger partial charge is 0.483 e. The Balaban J connectivity index is 1.49. The monoisotopic (exact) mass is 509 g/mol. The minimum absolute atomic E-state index is 0.0852. The van der Waals surface area contributed by atoms with Gasteiger partial charge in [0.25, 0.3) is 12.0 Å². The van der Waals surface area contributed by atoms with E-state index in [9.17, 15) is 23.6 Å². The van der Waals surface area contributed by atoms with Gasteiger partial charge in [0, 0.05) is 31.1 Å². The van der Waals surface area contributed by atoms with Crippen LogP contribution in [0.15, 0.2) is 41.5 Å². The van der Waals surface area contributed by atoms with Crippen LogP contribution in [0.5, 0.6) is 5.75 Å². The zero-order valence-electron chi connectivity index (χ0n) is 19.5. The molecule has 0 aliphatic carbocycles. The van der Waals surface area contributed by atoms with Crippen molar-refractivity contribution in [2.24, 2.45) is 0 Å². The molecule has 1 saturated heterocycles. The first-order chi connectivity index (χ1) is 17.9. The molecule has 0 atom stereocenters. The maximum Gasteiger partial charge on any atom is 0.275 e. The Morgan fingerprint density at radius 3 is 2.65 bits per heavy atom. The van der Waals surface area contributed by atoms with Gasteiger partial charge in [0.2, 0.25) is 11.7 Å². The zero-order chi connectivity index (χ0) is 25.9. The van der Waals surface area contributed by atoms with Crippen molar-refractivity contribution in [1.29, 1.82) is 5.26 Å². The normalized spacial score (nSPS) is 13.8. The molecule has 0 N–H and O–H groups in total. The third kappa shape index (κ3) is 5.10. The minimum Gasteiger partial charge on any atom is -0.483 e. The van der Waals surface area contributed by atoms with E-state index in [4.69, 9.17) is 9.47 Å². The summed E-state index contributed by atoms with van der Waals surface area (Å²) in [5.74, 6) is -0.134. The molecule has 1 aromatic carbocycles. The highest BCUT2D eigenvalue weighted by Crippen LogP contribution is 2.20. The summed E-state index contributed by atoms with van der Waals surface area (Å²) in [7, 11) is 0. The van der Waals surface area contributed by atoms with Gasteiger partial charge < -0.3 is 14.4 Å². The number of benzene rings is 1. The lowest BCUT2D eigenvalue weighted by Crippen LogP contribution is -2.43. The average molecular weight is 509 g/mol. The van der Waals surface area contributed by atoms with Gasteiger partial charge in [-0.1, -0.05) is 18.2 Å². The first kappa shape index (κ1) is 24.3. The molecule has 0 saturated carbocycles. The molecule has 5 rings (SSSR count). The number of morpholine rings is 1. The number of rotatable bonds is 7. The van der Waals surface area contributed by atoms with E-state index in [0.29, 0.717) is 48.5 Å². The van der Waals surface area contributed by atoms with Crippen molar-refractivity contribution >= 4 is 22.5 Å². The molecular weight excluding hydrogens is 488 g/mol. The summed E-state index contributed by atoms with van der Waals surface area (Å²) in [6.45, 7) is 0.721. The van der Waals surface area contributed by atoms with E-state index in [0.717, 1.165) is 4.68 Å². The third-order valence-corrected chi connectivity index (χ3v) is 5.88. The molecule has 1 amide bonds. The van der Waals surface area contributed by atoms with Crippen LogP contribution in [-0.2, 0) is 22.5 Å². The second kappa shape index (κ2) is 10.3. The summed E-state index contributed by atoms with van der Waals surface area (Å²) in [5, 5.41) is 14.9. The molecule has 190 valence electrons. The van der Waals surface area contributed by atoms with Crippen molar-refractivity contribution < 1.29 is 23.0 Å². The topological polar surface area (TPSA) is 128 Å². The van der Waals surface area contributed by atoms with Crippen molar-refractivity contribution in [3.63, 3.8) is 0 Å². The van der Waals surface area contributed by atoms with Gasteiger partial charge in [0.05, 0.1) is 36.2 Å². The van der Waals surface area contributed by atoms with Gasteiger partial charge in [-0.3, -0.25) is 14.0 Å². The van der Waals surface area contributed by atoms with Crippen LogP contribution >= 0.6 is 0 Å². The Bertz CT molecular complexity index is 1570. The first-order valence-corrected chi connectivity index (χ1v) is 11.5. The number of carbonyl (C=O) groups excluding carboxylic acids is 1. The van der Waals surface area contributed by atoms with Crippen LogP contribution in [0.2, 0.25) is 0 Å². The lowest BCUT2D eigenvalue weighted by molar-refractivity contribution is -0.136. The Labute approximate surface area is 208 Å². The molecule has 0 spiro atoms. The molecule has 13 heteroatoms. The summed E-state index contributed by atoms with van der Waals surface area (Å²) in [5.41, 5.74) is 0.481. The molecule has 4 heterocycles. The Morgan fingerprint density at radius 1 is 1.16 bits per heavy atom. The Morgan fingerprint density at radius 2 is 1.92 bits per heavy atom. The van der Waals surface area contributed by atoms with Gasteiger partial charge in [0.1, 0.15) is 19.2 Å². The highest BCUT2D eigenvalue weighted by Gasteiger charge is 2.20. The number of amides is 1. The molecule has 0 bridgehead atoms. The standard InChI is InChI=1S/C24H21F2N7O4/c25-21(26)14-37-20-12-32-11-15(28-24(32)29-19(20)10-27)9-18-16-3-1-2-4-17(16)23(35)33(30-18)13-22(34)31-5-7-36-8-6-31/h1-4,11-12,21H,5-9,13-14H2. The van der Waals surface area contributed by atoms with Gasteiger partial charge in [-0.2, -0.15) is 15.3 Å². The fourth-order valence-electron chi connectivity index (χ4n) is 4.13. The molecule has 1 fully saturated rings. The molecule has 1 aliphatic rings. The van der Waals surface area contributed by atoms with E-state index in [1.54, 1.807) is 35.4 Å². The van der Waals surface area contributed by atoms with Crippen LogP contribution in [0.4, 0.5) is 8.78 Å². The van der Waals surface area contributed by atoms with Crippen LogP contribution < -0.4 is 10.3 Å². The number of imidazole rings is 1. The number of nitrogens with zero attached hydrogens (tertiary/aromatic N) is 7. The van der Waals surface area contributed by atoms with Crippen molar-refractivity contribution in [2.75, 3.05) is 32.9 Å². The zero-order valence-corrected chi connectivity index (χ0v) is 19.5. The van der Waals surface area contributed by atoms with Crippen molar-refractivity contribution in [3.8, 4) is 11.8 Å². The Hall–Kier alpha value is -4.44. The van der Waals surface area contributed by atoms with Crippen LogP contribution in [-0.4, -0.2) is 74.3 Å². The van der Waals surface area contributed by atoms with Gasteiger partial charge in [-0.15, -0.1) is 0 Å². The summed E-state index contributed by atoms with van der Waals surface area (Å²) in [6.07, 6.45) is 0.465. The molecule has 0 unspecified atom stereocenters. The molecule has 1 aliphatic heterocycles. The number of aromatic nitrogens is 5. The van der Waals surface area contributed by atoms with Crippen LogP contribution in [0.25, 0.3) is 16.6 Å². The molecule has 4 aromatic rings. The minimum atomic E-state index is -2.70. The van der Waals surface area contributed by atoms with Crippen LogP contribution in [0, 0.1) is 11.3 Å². The highest BCUT2D eigenvalue weighted by atomic mass is 19.3. The lowest BCUT2D eigenvalue weighted by atomic mass is 10.1. The third-order valence-electron chi connectivity index (χ3n) is 5.88. The predicted octanol–water partition coefficient (Wildman–Crippen LogP) is 1.40. The fourth-order valence-corrected chi connectivity index (χ4v) is 4.13. The summed E-state index contributed by atoms with van der Waals surface area (Å²) < 4.78 is 38.1. The van der Waals surface area contributed by atoms with E-state index in [1.165, 1.54) is 10.6 Å². The fraction of sp³-hybridized carbons (Fsp3) is 0.333. The molecule has 3 aromatic heterocycles. The van der Waals surface area contributed by atoms with E-state index in [1.807, 2.05) is 6.07 Å². The smallest absolute Gasteiger partial charge is 0.275 e. The number of fused-ring (bicyclic) bond motifs is 2. The maximum absolute atomic E-state index is 13.1. The molecule has 37 heavy (non-hydrogen) atoms. The van der Waals surface area contributed by atoms with E-state index >= 15 is 0 Å². The maximum atomic E-state index is 13.1. The van der Waals surface area contributed by atoms with Crippen molar-refractivity contribution in [3.05, 3.63) is 64.1 Å². The van der Waals surface area contributed by atoms with Gasteiger partial charge in [0.15, 0.2) is 11.4 Å². The number of alkyl halides is 2. The SMILES string of the molecule is N#Cc1nc2nc(Cc3nn(CC(=O)N4CCOCC4)c(=O)c4ccccc34)cn2cc1OCC(F)F. The average Bonchev–Trinajstić information content (AvgIpc) is 3.31. The first-order valence-electron chi connectivity index (χ1n) is 11.5. The van der Waals surface area contributed by atoms with Crippen LogP contribution in [0.1, 0.15) is 17.1 Å². The van der Waals surface area contributed by atoms with E-state index in [-0.39, 0.29) is 41.7 Å². The van der Waals surface area contributed by atoms with Gasteiger partial charge >= 0.3 is 0 Å². The van der Waals surface area contributed by atoms with E-state index in [2.05, 4.69) is 15.1 Å². The number of carbonyl (C=O) groups is 1. The second-order valence-corrected chi connectivity index (χ2v) is 8.33. The second-order valence-electron chi connectivity index (χ2n) is 8.33. The molecule has 0 radical (unpaired) electrons. The number of ether oxygens (including phenoxy) is 2. The summed E-state index contributed by atoms with van der Waals surface area (Å²) >= 11 is 0. The van der Waals surface area contributed by atoms with Crippen molar-refractivity contribution in [1.82, 2.24) is 29.0 Å². The Kier molecular flexibility index (Phi) is 6.74. The predicted molar refractivity (Wildman–Crippen MR) is 125 cm³/mol. The number of halogens is 2. The number of nitriles is 1. The van der Waals surface area contributed by atoms with Gasteiger partial charge in [-0.25, -0.2) is 18.4 Å². The van der Waals surface area contributed by atoms with Gasteiger partial charge in [-0.05, 0) is 6.07 Å². The number of hydrogen-bond acceptors (Lipinski definition) is 8. The van der Waals surface area contributed by atoms with Crippen molar-refractivity contribution in [2.45, 2.75) is 19.4 Å². The quantitative estimate of drug-likeness (QED) is 0.366. The summed E-state index contributed by atoms with van der Waals surface area (Å²) in [6, 6.07) is 8.79. The summed E-state index contributed by atoms with van der Waals surface area (Å²) in [4.78, 5) is 36.0. The highest BCUT2D eigenvalue weighted by molar-refractivity contribution is 5.84.